The molecule has 0 unspecified atom stereocenters. The quantitative estimate of drug-likeness (QED) is 0.738. The van der Waals surface area contributed by atoms with Crippen LogP contribution in [0.1, 0.15) is 20.3 Å². The van der Waals surface area contributed by atoms with Gasteiger partial charge in [0.2, 0.25) is 0 Å². The summed E-state index contributed by atoms with van der Waals surface area (Å²) < 4.78 is 4.58. The smallest absolute Gasteiger partial charge is 0.198 e. The van der Waals surface area contributed by atoms with E-state index in [1.165, 1.54) is 6.42 Å². The molecule has 0 aliphatic carbocycles. The zero-order valence-corrected chi connectivity index (χ0v) is 11.1. The standard InChI is InChI=1S/C11H20N4S/c1-9-4-10(2)6-14(5-9)8-15-11(16)13(3)7-12-15/h7,9-10H,4-6,8H2,1-3H3/t9-,10-/m1/s1. The molecule has 2 atom stereocenters. The molecule has 4 nitrogen and oxygen atoms in total. The molecule has 2 rings (SSSR count). The summed E-state index contributed by atoms with van der Waals surface area (Å²) in [5.74, 6) is 1.56. The molecule has 1 saturated heterocycles. The summed E-state index contributed by atoms with van der Waals surface area (Å²) in [7, 11) is 1.94. The molecular weight excluding hydrogens is 220 g/mol. The molecule has 1 aliphatic heterocycles. The van der Waals surface area contributed by atoms with Crippen LogP contribution in [0, 0.1) is 16.6 Å². The fourth-order valence-electron chi connectivity index (χ4n) is 2.61. The average molecular weight is 240 g/mol. The van der Waals surface area contributed by atoms with Gasteiger partial charge in [0.05, 0.1) is 6.67 Å². The van der Waals surface area contributed by atoms with Crippen molar-refractivity contribution >= 4 is 12.2 Å². The van der Waals surface area contributed by atoms with Crippen LogP contribution in [0.15, 0.2) is 6.33 Å². The summed E-state index contributed by atoms with van der Waals surface area (Å²) in [6.07, 6.45) is 3.11. The molecular formula is C11H20N4S. The van der Waals surface area contributed by atoms with Crippen LogP contribution in [0.3, 0.4) is 0 Å². The Hall–Kier alpha value is -0.680. The van der Waals surface area contributed by atoms with Crippen molar-refractivity contribution in [2.75, 3.05) is 13.1 Å². The Balaban J connectivity index is 2.04. The van der Waals surface area contributed by atoms with Crippen LogP contribution in [-0.4, -0.2) is 32.3 Å². The summed E-state index contributed by atoms with van der Waals surface area (Å²) in [5.41, 5.74) is 0. The van der Waals surface area contributed by atoms with Crippen LogP contribution in [0.4, 0.5) is 0 Å². The van der Waals surface area contributed by atoms with Gasteiger partial charge in [0.25, 0.3) is 0 Å². The lowest BCUT2D eigenvalue weighted by Gasteiger charge is -2.34. The molecule has 1 aromatic heterocycles. The first-order chi connectivity index (χ1) is 7.56. The van der Waals surface area contributed by atoms with Crippen molar-refractivity contribution in [3.05, 3.63) is 11.1 Å². The molecule has 2 heterocycles. The van der Waals surface area contributed by atoms with Gasteiger partial charge < -0.3 is 4.57 Å². The van der Waals surface area contributed by atoms with E-state index in [1.807, 2.05) is 16.3 Å². The second-order valence-corrected chi connectivity index (χ2v) is 5.51. The van der Waals surface area contributed by atoms with Gasteiger partial charge in [-0.15, -0.1) is 0 Å². The molecule has 1 aromatic rings. The van der Waals surface area contributed by atoms with Crippen molar-refractivity contribution in [1.82, 2.24) is 19.2 Å². The van der Waals surface area contributed by atoms with Gasteiger partial charge in [-0.25, -0.2) is 4.68 Å². The minimum atomic E-state index is 0.779. The highest BCUT2D eigenvalue weighted by molar-refractivity contribution is 7.71. The maximum absolute atomic E-state index is 5.29. The molecule has 1 fully saturated rings. The van der Waals surface area contributed by atoms with Crippen LogP contribution in [-0.2, 0) is 13.7 Å². The molecule has 0 amide bonds. The number of piperidine rings is 1. The van der Waals surface area contributed by atoms with Crippen LogP contribution < -0.4 is 0 Å². The summed E-state index contributed by atoms with van der Waals surface area (Å²) in [6, 6.07) is 0. The van der Waals surface area contributed by atoms with E-state index in [0.29, 0.717) is 0 Å². The van der Waals surface area contributed by atoms with Crippen molar-refractivity contribution in [3.8, 4) is 0 Å². The van der Waals surface area contributed by atoms with Crippen molar-refractivity contribution < 1.29 is 0 Å². The largest absolute Gasteiger partial charge is 0.310 e. The van der Waals surface area contributed by atoms with Crippen LogP contribution >= 0.6 is 12.2 Å². The second kappa shape index (κ2) is 4.67. The van der Waals surface area contributed by atoms with E-state index in [4.69, 9.17) is 12.2 Å². The Bertz CT molecular complexity index is 398. The minimum absolute atomic E-state index is 0.779. The first-order valence-electron chi connectivity index (χ1n) is 5.87. The summed E-state index contributed by atoms with van der Waals surface area (Å²) in [6.45, 7) is 7.78. The first-order valence-corrected chi connectivity index (χ1v) is 6.28. The Morgan fingerprint density at radius 3 is 2.50 bits per heavy atom. The lowest BCUT2D eigenvalue weighted by Crippen LogP contribution is -2.39. The summed E-state index contributed by atoms with van der Waals surface area (Å²) in [5, 5.41) is 4.29. The highest BCUT2D eigenvalue weighted by Gasteiger charge is 2.22. The Morgan fingerprint density at radius 2 is 2.00 bits per heavy atom. The normalized spacial score (nSPS) is 27.2. The number of hydrogen-bond acceptors (Lipinski definition) is 3. The van der Waals surface area contributed by atoms with Gasteiger partial charge in [0, 0.05) is 20.1 Å². The van der Waals surface area contributed by atoms with Crippen LogP contribution in [0.25, 0.3) is 0 Å². The van der Waals surface area contributed by atoms with Gasteiger partial charge >= 0.3 is 0 Å². The SMILES string of the molecule is C[C@@H]1C[C@@H](C)CN(Cn2ncn(C)c2=S)C1. The third-order valence-corrected chi connectivity index (χ3v) is 3.66. The average Bonchev–Trinajstić information content (AvgIpc) is 2.48. The zero-order valence-electron chi connectivity index (χ0n) is 10.3. The van der Waals surface area contributed by atoms with Gasteiger partial charge in [-0.05, 0) is 30.5 Å². The van der Waals surface area contributed by atoms with Crippen molar-refractivity contribution in [2.24, 2.45) is 18.9 Å². The predicted molar refractivity (Wildman–Crippen MR) is 66.6 cm³/mol. The molecule has 5 heteroatoms. The van der Waals surface area contributed by atoms with E-state index in [0.717, 1.165) is 36.4 Å². The lowest BCUT2D eigenvalue weighted by molar-refractivity contribution is 0.103. The third kappa shape index (κ3) is 2.52. The summed E-state index contributed by atoms with van der Waals surface area (Å²) >= 11 is 5.29. The first kappa shape index (κ1) is 11.8. The maximum atomic E-state index is 5.29. The van der Waals surface area contributed by atoms with Gasteiger partial charge in [-0.1, -0.05) is 13.8 Å². The van der Waals surface area contributed by atoms with Crippen LogP contribution in [0.5, 0.6) is 0 Å². The van der Waals surface area contributed by atoms with E-state index >= 15 is 0 Å². The maximum Gasteiger partial charge on any atom is 0.198 e. The van der Waals surface area contributed by atoms with Crippen molar-refractivity contribution in [2.45, 2.75) is 26.9 Å². The Kier molecular flexibility index (Phi) is 3.44. The molecule has 0 spiro atoms. The summed E-state index contributed by atoms with van der Waals surface area (Å²) in [4.78, 5) is 2.45. The monoisotopic (exact) mass is 240 g/mol. The molecule has 0 radical (unpaired) electrons. The highest BCUT2D eigenvalue weighted by atomic mass is 32.1. The number of aryl methyl sites for hydroxylation is 1. The van der Waals surface area contributed by atoms with Gasteiger partial charge in [-0.3, -0.25) is 4.90 Å². The third-order valence-electron chi connectivity index (χ3n) is 3.17. The molecule has 0 saturated carbocycles. The molecule has 0 bridgehead atoms. The fourth-order valence-corrected chi connectivity index (χ4v) is 2.77. The van der Waals surface area contributed by atoms with E-state index in [-0.39, 0.29) is 0 Å². The number of rotatable bonds is 2. The van der Waals surface area contributed by atoms with E-state index in [2.05, 4.69) is 23.8 Å². The van der Waals surface area contributed by atoms with E-state index in [9.17, 15) is 0 Å². The molecule has 0 aromatic carbocycles. The molecule has 16 heavy (non-hydrogen) atoms. The Morgan fingerprint density at radius 1 is 1.38 bits per heavy atom. The highest BCUT2D eigenvalue weighted by Crippen LogP contribution is 2.21. The second-order valence-electron chi connectivity index (χ2n) is 5.15. The van der Waals surface area contributed by atoms with Gasteiger partial charge in [0.15, 0.2) is 4.77 Å². The lowest BCUT2D eigenvalue weighted by atomic mass is 9.92. The van der Waals surface area contributed by atoms with E-state index in [1.54, 1.807) is 6.33 Å². The molecule has 1 aliphatic rings. The number of hydrogen-bond donors (Lipinski definition) is 0. The van der Waals surface area contributed by atoms with Crippen molar-refractivity contribution in [3.63, 3.8) is 0 Å². The molecule has 0 N–H and O–H groups in total. The predicted octanol–water partition coefficient (Wildman–Crippen LogP) is 1.89. The number of nitrogens with zero attached hydrogens (tertiary/aromatic N) is 4. The fraction of sp³-hybridized carbons (Fsp3) is 0.818. The van der Waals surface area contributed by atoms with E-state index < -0.39 is 0 Å². The Labute approximate surface area is 102 Å². The topological polar surface area (TPSA) is 26.0 Å². The van der Waals surface area contributed by atoms with Crippen molar-refractivity contribution in [1.29, 1.82) is 0 Å². The van der Waals surface area contributed by atoms with Gasteiger partial charge in [0.1, 0.15) is 6.33 Å². The number of likely N-dealkylation sites (tertiary alicyclic amines) is 1. The van der Waals surface area contributed by atoms with Gasteiger partial charge in [-0.2, -0.15) is 5.10 Å². The molecule has 90 valence electrons. The zero-order chi connectivity index (χ0) is 11.7. The van der Waals surface area contributed by atoms with Crippen LogP contribution in [0.2, 0.25) is 0 Å². The number of aromatic nitrogens is 3. The minimum Gasteiger partial charge on any atom is -0.310 e.